The molecule has 0 unspecified atom stereocenters. The van der Waals surface area contributed by atoms with E-state index in [2.05, 4.69) is 36.4 Å². The number of amides is 2. The SMILES string of the molecule is COc1ccc(NC(=O)c2sc(NC(=O)c3ccc(C(C)(C)C)cc3)nc2C)cc1. The highest BCUT2D eigenvalue weighted by molar-refractivity contribution is 7.17. The number of ether oxygens (including phenoxy) is 1. The van der Waals surface area contributed by atoms with Crippen molar-refractivity contribution in [2.45, 2.75) is 33.1 Å². The number of benzene rings is 2. The molecule has 1 heterocycles. The van der Waals surface area contributed by atoms with E-state index >= 15 is 0 Å². The average Bonchev–Trinajstić information content (AvgIpc) is 3.08. The number of nitrogens with zero attached hydrogens (tertiary/aromatic N) is 1. The number of carbonyl (C=O) groups excluding carboxylic acids is 2. The fourth-order valence-corrected chi connectivity index (χ4v) is 3.67. The van der Waals surface area contributed by atoms with Gasteiger partial charge < -0.3 is 10.1 Å². The molecule has 156 valence electrons. The van der Waals surface area contributed by atoms with Crippen LogP contribution in [-0.2, 0) is 5.41 Å². The molecule has 0 bridgehead atoms. The fourth-order valence-electron chi connectivity index (χ4n) is 2.81. The smallest absolute Gasteiger partial charge is 0.267 e. The van der Waals surface area contributed by atoms with Crippen molar-refractivity contribution in [2.75, 3.05) is 17.7 Å². The Kier molecular flexibility index (Phi) is 6.22. The van der Waals surface area contributed by atoms with Crippen LogP contribution in [-0.4, -0.2) is 23.9 Å². The number of aryl methyl sites for hydroxylation is 1. The highest BCUT2D eigenvalue weighted by Gasteiger charge is 2.18. The molecule has 0 saturated heterocycles. The van der Waals surface area contributed by atoms with E-state index in [0.717, 1.165) is 16.9 Å². The molecule has 30 heavy (non-hydrogen) atoms. The van der Waals surface area contributed by atoms with Crippen LogP contribution in [0.1, 0.15) is 52.1 Å². The third-order valence-corrected chi connectivity index (χ3v) is 5.66. The molecule has 2 N–H and O–H groups in total. The van der Waals surface area contributed by atoms with Crippen molar-refractivity contribution >= 4 is 34.0 Å². The van der Waals surface area contributed by atoms with Crippen LogP contribution in [0.4, 0.5) is 10.8 Å². The Bertz CT molecular complexity index is 1050. The van der Waals surface area contributed by atoms with Crippen LogP contribution in [0.5, 0.6) is 5.75 Å². The number of nitrogens with one attached hydrogen (secondary N) is 2. The molecule has 3 rings (SSSR count). The van der Waals surface area contributed by atoms with Crippen LogP contribution >= 0.6 is 11.3 Å². The van der Waals surface area contributed by atoms with E-state index in [9.17, 15) is 9.59 Å². The van der Waals surface area contributed by atoms with Crippen LogP contribution in [0.25, 0.3) is 0 Å². The third kappa shape index (κ3) is 5.04. The predicted octanol–water partition coefficient (Wildman–Crippen LogP) is 5.26. The molecule has 7 heteroatoms. The molecule has 6 nitrogen and oxygen atoms in total. The van der Waals surface area contributed by atoms with E-state index in [0.29, 0.717) is 32.7 Å². The molecule has 0 aliphatic carbocycles. The van der Waals surface area contributed by atoms with E-state index in [1.807, 2.05) is 12.1 Å². The standard InChI is InChI=1S/C23H25N3O3S/c1-14-19(21(28)25-17-10-12-18(29-5)13-11-17)30-22(24-14)26-20(27)15-6-8-16(9-7-15)23(2,3)4/h6-13H,1-5H3,(H,25,28)(H,24,26,27). The number of thiazole rings is 1. The minimum absolute atomic E-state index is 0.0214. The van der Waals surface area contributed by atoms with Crippen LogP contribution in [0, 0.1) is 6.92 Å². The fraction of sp³-hybridized carbons (Fsp3) is 0.261. The monoisotopic (exact) mass is 423 g/mol. The highest BCUT2D eigenvalue weighted by atomic mass is 32.1. The van der Waals surface area contributed by atoms with Gasteiger partial charge in [-0.15, -0.1) is 0 Å². The van der Waals surface area contributed by atoms with Gasteiger partial charge >= 0.3 is 0 Å². The number of methoxy groups -OCH3 is 1. The van der Waals surface area contributed by atoms with Crippen LogP contribution in [0.15, 0.2) is 48.5 Å². The molecule has 3 aromatic rings. The first-order valence-electron chi connectivity index (χ1n) is 9.52. The maximum absolute atomic E-state index is 12.6. The predicted molar refractivity (Wildman–Crippen MR) is 121 cm³/mol. The average molecular weight is 424 g/mol. The Morgan fingerprint density at radius 2 is 1.57 bits per heavy atom. The lowest BCUT2D eigenvalue weighted by molar-refractivity contribution is 0.102. The second kappa shape index (κ2) is 8.67. The molecule has 0 atom stereocenters. The van der Waals surface area contributed by atoms with Crippen molar-refractivity contribution in [1.29, 1.82) is 0 Å². The van der Waals surface area contributed by atoms with Gasteiger partial charge in [0.15, 0.2) is 5.13 Å². The summed E-state index contributed by atoms with van der Waals surface area (Å²) in [6.45, 7) is 8.12. The molecule has 0 radical (unpaired) electrons. The van der Waals surface area contributed by atoms with E-state index < -0.39 is 0 Å². The van der Waals surface area contributed by atoms with Crippen molar-refractivity contribution in [3.63, 3.8) is 0 Å². The lowest BCUT2D eigenvalue weighted by Crippen LogP contribution is -2.14. The van der Waals surface area contributed by atoms with E-state index in [1.54, 1.807) is 50.4 Å². The largest absolute Gasteiger partial charge is 0.497 e. The Morgan fingerprint density at radius 1 is 0.933 bits per heavy atom. The maximum atomic E-state index is 12.6. The summed E-state index contributed by atoms with van der Waals surface area (Å²) in [6, 6.07) is 14.6. The quantitative estimate of drug-likeness (QED) is 0.586. The summed E-state index contributed by atoms with van der Waals surface area (Å²) in [5.41, 5.74) is 2.93. The van der Waals surface area contributed by atoms with Gasteiger partial charge in [-0.1, -0.05) is 44.2 Å². The van der Waals surface area contributed by atoms with Crippen molar-refractivity contribution in [1.82, 2.24) is 4.98 Å². The number of carbonyl (C=O) groups is 2. The second-order valence-electron chi connectivity index (χ2n) is 7.90. The van der Waals surface area contributed by atoms with Crippen molar-refractivity contribution < 1.29 is 14.3 Å². The van der Waals surface area contributed by atoms with Gasteiger partial charge in [-0.25, -0.2) is 4.98 Å². The molecule has 1 aromatic heterocycles. The summed E-state index contributed by atoms with van der Waals surface area (Å²) in [5, 5.41) is 6.00. The van der Waals surface area contributed by atoms with Gasteiger partial charge in [-0.3, -0.25) is 14.9 Å². The molecule has 2 aromatic carbocycles. The van der Waals surface area contributed by atoms with Crippen molar-refractivity contribution in [3.8, 4) is 5.75 Å². The molecule has 0 saturated carbocycles. The number of hydrogen-bond donors (Lipinski definition) is 2. The van der Waals surface area contributed by atoms with Gasteiger partial charge in [0, 0.05) is 11.3 Å². The molecule has 0 spiro atoms. The lowest BCUT2D eigenvalue weighted by Gasteiger charge is -2.18. The summed E-state index contributed by atoms with van der Waals surface area (Å²) in [6.07, 6.45) is 0. The normalized spacial score (nSPS) is 11.1. The minimum Gasteiger partial charge on any atom is -0.497 e. The molecule has 0 fully saturated rings. The Balaban J connectivity index is 1.69. The Hall–Kier alpha value is -3.19. The zero-order valence-electron chi connectivity index (χ0n) is 17.7. The summed E-state index contributed by atoms with van der Waals surface area (Å²) in [5.74, 6) is 0.180. The minimum atomic E-state index is -0.273. The highest BCUT2D eigenvalue weighted by Crippen LogP contribution is 2.26. The van der Waals surface area contributed by atoms with Gasteiger partial charge in [0.25, 0.3) is 11.8 Å². The first kappa shape index (κ1) is 21.5. The first-order chi connectivity index (χ1) is 14.2. The summed E-state index contributed by atoms with van der Waals surface area (Å²) in [4.78, 5) is 29.9. The zero-order valence-corrected chi connectivity index (χ0v) is 18.5. The van der Waals surface area contributed by atoms with Gasteiger partial charge in [0.1, 0.15) is 10.6 Å². The maximum Gasteiger partial charge on any atom is 0.267 e. The third-order valence-electron chi connectivity index (χ3n) is 4.58. The first-order valence-corrected chi connectivity index (χ1v) is 10.3. The van der Waals surface area contributed by atoms with Crippen molar-refractivity contribution in [2.24, 2.45) is 0 Å². The van der Waals surface area contributed by atoms with Crippen molar-refractivity contribution in [3.05, 3.63) is 70.2 Å². The van der Waals surface area contributed by atoms with Gasteiger partial charge in [0.05, 0.1) is 12.8 Å². The molecule has 0 aliphatic rings. The van der Waals surface area contributed by atoms with E-state index in [4.69, 9.17) is 4.74 Å². The Labute approximate surface area is 180 Å². The second-order valence-corrected chi connectivity index (χ2v) is 8.90. The number of hydrogen-bond acceptors (Lipinski definition) is 5. The number of rotatable bonds is 5. The van der Waals surface area contributed by atoms with Crippen LogP contribution < -0.4 is 15.4 Å². The topological polar surface area (TPSA) is 80.3 Å². The van der Waals surface area contributed by atoms with E-state index in [-0.39, 0.29) is 17.2 Å². The zero-order chi connectivity index (χ0) is 21.9. The molecular formula is C23H25N3O3S. The van der Waals surface area contributed by atoms with Crippen LogP contribution in [0.2, 0.25) is 0 Å². The number of anilines is 2. The van der Waals surface area contributed by atoms with Crippen LogP contribution in [0.3, 0.4) is 0 Å². The Morgan fingerprint density at radius 3 is 2.13 bits per heavy atom. The van der Waals surface area contributed by atoms with Gasteiger partial charge in [-0.05, 0) is 54.3 Å². The molecular weight excluding hydrogens is 398 g/mol. The van der Waals surface area contributed by atoms with Gasteiger partial charge in [-0.2, -0.15) is 0 Å². The molecule has 0 aliphatic heterocycles. The number of aromatic nitrogens is 1. The lowest BCUT2D eigenvalue weighted by atomic mass is 9.87. The molecule has 2 amide bonds. The van der Waals surface area contributed by atoms with E-state index in [1.165, 1.54) is 0 Å². The summed E-state index contributed by atoms with van der Waals surface area (Å²) >= 11 is 1.15. The van der Waals surface area contributed by atoms with Gasteiger partial charge in [0.2, 0.25) is 0 Å². The summed E-state index contributed by atoms with van der Waals surface area (Å²) in [7, 11) is 1.59. The summed E-state index contributed by atoms with van der Waals surface area (Å²) < 4.78 is 5.12.